The summed E-state index contributed by atoms with van der Waals surface area (Å²) in [7, 11) is 1.36. The van der Waals surface area contributed by atoms with Crippen molar-refractivity contribution in [3.8, 4) is 5.75 Å². The van der Waals surface area contributed by atoms with Gasteiger partial charge in [0, 0.05) is 19.6 Å². The predicted molar refractivity (Wildman–Crippen MR) is 72.4 cm³/mol. The Morgan fingerprint density at radius 3 is 2.42 bits per heavy atom. The van der Waals surface area contributed by atoms with Crippen molar-refractivity contribution in [3.05, 3.63) is 29.8 Å². The number of carbonyl (C=O) groups is 1. The van der Waals surface area contributed by atoms with Gasteiger partial charge in [0.2, 0.25) is 0 Å². The van der Waals surface area contributed by atoms with Crippen LogP contribution in [0.1, 0.15) is 23.2 Å². The first-order valence-electron chi connectivity index (χ1n) is 6.37. The van der Waals surface area contributed by atoms with E-state index in [1.54, 1.807) is 24.3 Å². The molecule has 5 heteroatoms. The Labute approximate surface area is 113 Å². The molecule has 106 valence electrons. The lowest BCUT2D eigenvalue weighted by atomic mass is 10.2. The molecular weight excluding hydrogens is 246 g/mol. The van der Waals surface area contributed by atoms with Crippen LogP contribution in [0.3, 0.4) is 0 Å². The normalized spacial score (nSPS) is 10.2. The molecule has 0 heterocycles. The second-order valence-corrected chi connectivity index (χ2v) is 3.97. The topological polar surface area (TPSA) is 70.8 Å². The van der Waals surface area contributed by atoms with Gasteiger partial charge < -0.3 is 19.9 Å². The number of rotatable bonds is 9. The summed E-state index contributed by atoms with van der Waals surface area (Å²) in [5.41, 5.74) is 5.87. The molecule has 0 fully saturated rings. The number of ether oxygens (including phenoxy) is 3. The van der Waals surface area contributed by atoms with Crippen molar-refractivity contribution < 1.29 is 19.0 Å². The SMILES string of the molecule is COC(=O)c1ccc(OCCCOCCCN)cc1. The Morgan fingerprint density at radius 2 is 1.79 bits per heavy atom. The average molecular weight is 267 g/mol. The van der Waals surface area contributed by atoms with Gasteiger partial charge in [-0.25, -0.2) is 4.79 Å². The molecule has 0 aliphatic rings. The van der Waals surface area contributed by atoms with E-state index in [0.717, 1.165) is 18.6 Å². The van der Waals surface area contributed by atoms with Gasteiger partial charge in [-0.1, -0.05) is 0 Å². The fourth-order valence-corrected chi connectivity index (χ4v) is 1.44. The lowest BCUT2D eigenvalue weighted by Crippen LogP contribution is -2.07. The van der Waals surface area contributed by atoms with Crippen molar-refractivity contribution in [2.24, 2.45) is 5.73 Å². The Bertz CT molecular complexity index is 364. The fourth-order valence-electron chi connectivity index (χ4n) is 1.44. The summed E-state index contributed by atoms with van der Waals surface area (Å²) in [6.07, 6.45) is 1.71. The molecule has 1 rings (SSSR count). The molecule has 19 heavy (non-hydrogen) atoms. The van der Waals surface area contributed by atoms with Gasteiger partial charge in [0.1, 0.15) is 5.75 Å². The van der Waals surface area contributed by atoms with Crippen molar-refractivity contribution in [2.45, 2.75) is 12.8 Å². The quantitative estimate of drug-likeness (QED) is 0.543. The fraction of sp³-hybridized carbons (Fsp3) is 0.500. The maximum atomic E-state index is 11.2. The van der Waals surface area contributed by atoms with Crippen LogP contribution < -0.4 is 10.5 Å². The molecule has 0 saturated heterocycles. The summed E-state index contributed by atoms with van der Waals surface area (Å²) in [6, 6.07) is 6.86. The monoisotopic (exact) mass is 267 g/mol. The maximum Gasteiger partial charge on any atom is 0.337 e. The van der Waals surface area contributed by atoms with E-state index in [-0.39, 0.29) is 5.97 Å². The molecule has 0 unspecified atom stereocenters. The first kappa shape index (κ1) is 15.5. The minimum Gasteiger partial charge on any atom is -0.494 e. The molecule has 0 aliphatic carbocycles. The third-order valence-electron chi connectivity index (χ3n) is 2.47. The molecule has 0 aromatic heterocycles. The zero-order valence-electron chi connectivity index (χ0n) is 11.3. The largest absolute Gasteiger partial charge is 0.494 e. The molecule has 0 bridgehead atoms. The molecule has 1 aromatic carbocycles. The summed E-state index contributed by atoms with van der Waals surface area (Å²) in [4.78, 5) is 11.2. The predicted octanol–water partition coefficient (Wildman–Crippen LogP) is 1.61. The van der Waals surface area contributed by atoms with Crippen molar-refractivity contribution in [3.63, 3.8) is 0 Å². The Balaban J connectivity index is 2.18. The second kappa shape index (κ2) is 9.35. The van der Waals surface area contributed by atoms with E-state index in [1.807, 2.05) is 0 Å². The molecule has 0 spiro atoms. The van der Waals surface area contributed by atoms with Crippen molar-refractivity contribution in [1.29, 1.82) is 0 Å². The smallest absolute Gasteiger partial charge is 0.337 e. The number of carbonyl (C=O) groups excluding carboxylic acids is 1. The first-order valence-corrected chi connectivity index (χ1v) is 6.37. The number of hydrogen-bond acceptors (Lipinski definition) is 5. The van der Waals surface area contributed by atoms with Crippen LogP contribution in [0, 0.1) is 0 Å². The van der Waals surface area contributed by atoms with Gasteiger partial charge in [-0.05, 0) is 37.2 Å². The van der Waals surface area contributed by atoms with Crippen LogP contribution in [0.25, 0.3) is 0 Å². The van der Waals surface area contributed by atoms with Crippen LogP contribution in [-0.4, -0.2) is 39.4 Å². The van der Waals surface area contributed by atoms with Gasteiger partial charge in [0.05, 0.1) is 19.3 Å². The van der Waals surface area contributed by atoms with E-state index in [9.17, 15) is 4.79 Å². The summed E-state index contributed by atoms with van der Waals surface area (Å²) >= 11 is 0. The minimum atomic E-state index is -0.347. The molecule has 0 radical (unpaired) electrons. The molecule has 1 aromatic rings. The van der Waals surface area contributed by atoms with E-state index < -0.39 is 0 Å². The Hall–Kier alpha value is -1.59. The highest BCUT2D eigenvalue weighted by Crippen LogP contribution is 2.13. The van der Waals surface area contributed by atoms with Crippen LogP contribution in [0.5, 0.6) is 5.75 Å². The Morgan fingerprint density at radius 1 is 1.11 bits per heavy atom. The highest BCUT2D eigenvalue weighted by Gasteiger charge is 2.04. The lowest BCUT2D eigenvalue weighted by Gasteiger charge is -2.07. The first-order chi connectivity index (χ1) is 9.27. The van der Waals surface area contributed by atoms with E-state index in [4.69, 9.17) is 15.2 Å². The van der Waals surface area contributed by atoms with Crippen molar-refractivity contribution in [2.75, 3.05) is 33.5 Å². The summed E-state index contributed by atoms with van der Waals surface area (Å²) in [5.74, 6) is 0.384. The number of esters is 1. The van der Waals surface area contributed by atoms with E-state index in [1.165, 1.54) is 7.11 Å². The van der Waals surface area contributed by atoms with Gasteiger partial charge in [-0.15, -0.1) is 0 Å². The van der Waals surface area contributed by atoms with Crippen LogP contribution in [-0.2, 0) is 9.47 Å². The van der Waals surface area contributed by atoms with E-state index >= 15 is 0 Å². The molecule has 0 atom stereocenters. The number of nitrogens with two attached hydrogens (primary N) is 1. The molecule has 0 aliphatic heterocycles. The third kappa shape index (κ3) is 6.22. The van der Waals surface area contributed by atoms with E-state index in [2.05, 4.69) is 4.74 Å². The van der Waals surface area contributed by atoms with Gasteiger partial charge in [-0.3, -0.25) is 0 Å². The third-order valence-corrected chi connectivity index (χ3v) is 2.47. The average Bonchev–Trinajstić information content (AvgIpc) is 2.46. The second-order valence-electron chi connectivity index (χ2n) is 3.97. The Kier molecular flexibility index (Phi) is 7.62. The van der Waals surface area contributed by atoms with Crippen LogP contribution >= 0.6 is 0 Å². The van der Waals surface area contributed by atoms with Gasteiger partial charge >= 0.3 is 5.97 Å². The molecule has 0 saturated carbocycles. The minimum absolute atomic E-state index is 0.347. The number of benzene rings is 1. The lowest BCUT2D eigenvalue weighted by molar-refractivity contribution is 0.0600. The zero-order valence-corrected chi connectivity index (χ0v) is 11.3. The van der Waals surface area contributed by atoms with Gasteiger partial charge in [0.25, 0.3) is 0 Å². The van der Waals surface area contributed by atoms with Gasteiger partial charge in [0.15, 0.2) is 0 Å². The molecule has 0 amide bonds. The standard InChI is InChI=1S/C14H21NO4/c1-17-14(16)12-4-6-13(7-5-12)19-11-3-10-18-9-2-8-15/h4-7H,2-3,8-11,15H2,1H3. The summed E-state index contributed by atoms with van der Waals surface area (Å²) in [6.45, 7) is 2.60. The molecule has 5 nitrogen and oxygen atoms in total. The van der Waals surface area contributed by atoms with E-state index in [0.29, 0.717) is 31.9 Å². The number of methoxy groups -OCH3 is 1. The number of hydrogen-bond donors (Lipinski definition) is 1. The zero-order chi connectivity index (χ0) is 13.9. The van der Waals surface area contributed by atoms with Crippen LogP contribution in [0.15, 0.2) is 24.3 Å². The summed E-state index contributed by atoms with van der Waals surface area (Å²) < 4.78 is 15.5. The highest BCUT2D eigenvalue weighted by atomic mass is 16.5. The summed E-state index contributed by atoms with van der Waals surface area (Å²) in [5, 5.41) is 0. The molecular formula is C14H21NO4. The van der Waals surface area contributed by atoms with Crippen molar-refractivity contribution in [1.82, 2.24) is 0 Å². The van der Waals surface area contributed by atoms with Crippen LogP contribution in [0.4, 0.5) is 0 Å². The van der Waals surface area contributed by atoms with Crippen LogP contribution in [0.2, 0.25) is 0 Å². The molecule has 2 N–H and O–H groups in total. The maximum absolute atomic E-state index is 11.2. The highest BCUT2D eigenvalue weighted by molar-refractivity contribution is 5.89. The van der Waals surface area contributed by atoms with Gasteiger partial charge in [-0.2, -0.15) is 0 Å². The van der Waals surface area contributed by atoms with Crippen molar-refractivity contribution >= 4 is 5.97 Å².